The predicted molar refractivity (Wildman–Crippen MR) is 82.6 cm³/mol. The lowest BCUT2D eigenvalue weighted by atomic mass is 10.2. The lowest BCUT2D eigenvalue weighted by Gasteiger charge is -2.16. The highest BCUT2D eigenvalue weighted by atomic mass is 32.2. The summed E-state index contributed by atoms with van der Waals surface area (Å²) in [7, 11) is -1.93. The van der Waals surface area contributed by atoms with Crippen molar-refractivity contribution in [1.29, 1.82) is 0 Å². The lowest BCUT2D eigenvalue weighted by molar-refractivity contribution is 0.173. The molecule has 0 aliphatic heterocycles. The van der Waals surface area contributed by atoms with E-state index < -0.39 is 10.0 Å². The SMILES string of the molecule is CCC(COC)NS(=O)(=O)c1cccc(CNC2CC2)c1. The Bertz CT molecular complexity index is 556. The molecule has 1 aromatic carbocycles. The molecule has 1 aromatic rings. The Labute approximate surface area is 127 Å². The fourth-order valence-electron chi connectivity index (χ4n) is 2.10. The summed E-state index contributed by atoms with van der Waals surface area (Å²) < 4.78 is 32.5. The van der Waals surface area contributed by atoms with E-state index >= 15 is 0 Å². The molecule has 1 unspecified atom stereocenters. The van der Waals surface area contributed by atoms with Gasteiger partial charge in [-0.1, -0.05) is 19.1 Å². The standard InChI is InChI=1S/C15H24N2O3S/c1-3-13(11-20-2)17-21(18,19)15-6-4-5-12(9-15)10-16-14-7-8-14/h4-6,9,13-14,16-17H,3,7-8,10-11H2,1-2H3. The molecule has 6 heteroatoms. The summed E-state index contributed by atoms with van der Waals surface area (Å²) in [6, 6.07) is 7.50. The molecule has 1 fully saturated rings. The zero-order valence-electron chi connectivity index (χ0n) is 12.6. The van der Waals surface area contributed by atoms with Gasteiger partial charge in [-0.05, 0) is 37.0 Å². The smallest absolute Gasteiger partial charge is 0.240 e. The molecular weight excluding hydrogens is 288 g/mol. The zero-order chi connectivity index (χ0) is 15.3. The van der Waals surface area contributed by atoms with E-state index in [1.54, 1.807) is 25.3 Å². The van der Waals surface area contributed by atoms with Crippen molar-refractivity contribution >= 4 is 10.0 Å². The van der Waals surface area contributed by atoms with Crippen molar-refractivity contribution in [2.75, 3.05) is 13.7 Å². The molecule has 0 spiro atoms. The van der Waals surface area contributed by atoms with Crippen molar-refractivity contribution in [2.24, 2.45) is 0 Å². The maximum Gasteiger partial charge on any atom is 0.240 e. The van der Waals surface area contributed by atoms with E-state index in [2.05, 4.69) is 10.0 Å². The number of sulfonamides is 1. The van der Waals surface area contributed by atoms with Crippen molar-refractivity contribution in [3.05, 3.63) is 29.8 Å². The van der Waals surface area contributed by atoms with Crippen LogP contribution in [0.3, 0.4) is 0 Å². The fourth-order valence-corrected chi connectivity index (χ4v) is 3.47. The van der Waals surface area contributed by atoms with Crippen LogP contribution in [0, 0.1) is 0 Å². The van der Waals surface area contributed by atoms with Crippen molar-refractivity contribution in [3.8, 4) is 0 Å². The largest absolute Gasteiger partial charge is 0.383 e. The minimum atomic E-state index is -3.50. The first-order valence-electron chi connectivity index (χ1n) is 7.38. The van der Waals surface area contributed by atoms with Crippen LogP contribution in [-0.4, -0.2) is 34.2 Å². The second kappa shape index (κ2) is 7.35. The second-order valence-electron chi connectivity index (χ2n) is 5.48. The molecule has 0 radical (unpaired) electrons. The van der Waals surface area contributed by atoms with Crippen LogP contribution in [-0.2, 0) is 21.3 Å². The maximum atomic E-state index is 12.4. The summed E-state index contributed by atoms with van der Waals surface area (Å²) in [6.45, 7) is 3.02. The third-order valence-electron chi connectivity index (χ3n) is 3.56. The van der Waals surface area contributed by atoms with Crippen LogP contribution in [0.1, 0.15) is 31.7 Å². The third-order valence-corrected chi connectivity index (χ3v) is 5.08. The first-order valence-corrected chi connectivity index (χ1v) is 8.87. The van der Waals surface area contributed by atoms with Gasteiger partial charge in [-0.3, -0.25) is 0 Å². The summed E-state index contributed by atoms with van der Waals surface area (Å²) >= 11 is 0. The molecule has 2 rings (SSSR count). The number of ether oxygens (including phenoxy) is 1. The Morgan fingerprint density at radius 3 is 2.76 bits per heavy atom. The van der Waals surface area contributed by atoms with Gasteiger partial charge in [0.2, 0.25) is 10.0 Å². The van der Waals surface area contributed by atoms with Gasteiger partial charge in [0.25, 0.3) is 0 Å². The summed E-state index contributed by atoms with van der Waals surface area (Å²) in [5.41, 5.74) is 0.990. The van der Waals surface area contributed by atoms with E-state index in [1.807, 2.05) is 13.0 Å². The molecule has 1 aliphatic carbocycles. The van der Waals surface area contributed by atoms with E-state index in [0.29, 0.717) is 30.5 Å². The van der Waals surface area contributed by atoms with Gasteiger partial charge in [0.1, 0.15) is 0 Å². The van der Waals surface area contributed by atoms with E-state index in [4.69, 9.17) is 4.74 Å². The van der Waals surface area contributed by atoms with Crippen molar-refractivity contribution < 1.29 is 13.2 Å². The van der Waals surface area contributed by atoms with Crippen LogP contribution < -0.4 is 10.0 Å². The van der Waals surface area contributed by atoms with Gasteiger partial charge in [0.15, 0.2) is 0 Å². The molecule has 1 aliphatic rings. The Hall–Kier alpha value is -0.950. The highest BCUT2D eigenvalue weighted by Gasteiger charge is 2.21. The zero-order valence-corrected chi connectivity index (χ0v) is 13.4. The van der Waals surface area contributed by atoms with Gasteiger partial charge in [0, 0.05) is 25.7 Å². The van der Waals surface area contributed by atoms with Crippen LogP contribution in [0.15, 0.2) is 29.2 Å². The third kappa shape index (κ3) is 5.07. The van der Waals surface area contributed by atoms with E-state index in [-0.39, 0.29) is 6.04 Å². The monoisotopic (exact) mass is 312 g/mol. The van der Waals surface area contributed by atoms with E-state index in [9.17, 15) is 8.42 Å². The summed E-state index contributed by atoms with van der Waals surface area (Å²) in [5, 5.41) is 3.39. The van der Waals surface area contributed by atoms with E-state index in [1.165, 1.54) is 12.8 Å². The first kappa shape index (κ1) is 16.4. The molecule has 2 N–H and O–H groups in total. The molecule has 0 bridgehead atoms. The number of methoxy groups -OCH3 is 1. The van der Waals surface area contributed by atoms with Gasteiger partial charge >= 0.3 is 0 Å². The Balaban J connectivity index is 2.05. The molecule has 21 heavy (non-hydrogen) atoms. The molecule has 1 atom stereocenters. The number of hydrogen-bond acceptors (Lipinski definition) is 4. The quantitative estimate of drug-likeness (QED) is 0.727. The van der Waals surface area contributed by atoms with Crippen molar-refractivity contribution in [1.82, 2.24) is 10.0 Å². The van der Waals surface area contributed by atoms with Gasteiger partial charge in [0.05, 0.1) is 11.5 Å². The van der Waals surface area contributed by atoms with Crippen LogP contribution in [0.2, 0.25) is 0 Å². The molecule has 118 valence electrons. The first-order chi connectivity index (χ1) is 10.0. The minimum Gasteiger partial charge on any atom is -0.383 e. The number of nitrogens with one attached hydrogen (secondary N) is 2. The van der Waals surface area contributed by atoms with E-state index in [0.717, 1.165) is 5.56 Å². The number of rotatable bonds is 9. The molecule has 0 saturated heterocycles. The molecule has 5 nitrogen and oxygen atoms in total. The molecule has 1 saturated carbocycles. The van der Waals surface area contributed by atoms with Crippen LogP contribution in [0.25, 0.3) is 0 Å². The second-order valence-corrected chi connectivity index (χ2v) is 7.20. The van der Waals surface area contributed by atoms with Crippen LogP contribution in [0.4, 0.5) is 0 Å². The number of benzene rings is 1. The molecular formula is C15H24N2O3S. The fraction of sp³-hybridized carbons (Fsp3) is 0.600. The summed E-state index contributed by atoms with van der Waals surface area (Å²) in [6.07, 6.45) is 3.12. The van der Waals surface area contributed by atoms with Gasteiger partial charge in [-0.15, -0.1) is 0 Å². The molecule has 0 amide bonds. The Morgan fingerprint density at radius 1 is 1.38 bits per heavy atom. The van der Waals surface area contributed by atoms with Gasteiger partial charge in [-0.25, -0.2) is 13.1 Å². The van der Waals surface area contributed by atoms with Crippen molar-refractivity contribution in [3.63, 3.8) is 0 Å². The van der Waals surface area contributed by atoms with Gasteiger partial charge in [-0.2, -0.15) is 0 Å². The number of hydrogen-bond donors (Lipinski definition) is 2. The Morgan fingerprint density at radius 2 is 2.14 bits per heavy atom. The predicted octanol–water partition coefficient (Wildman–Crippen LogP) is 1.64. The highest BCUT2D eigenvalue weighted by Crippen LogP contribution is 2.20. The minimum absolute atomic E-state index is 0.201. The lowest BCUT2D eigenvalue weighted by Crippen LogP contribution is -2.37. The van der Waals surface area contributed by atoms with Gasteiger partial charge < -0.3 is 10.1 Å². The average Bonchev–Trinajstić information content (AvgIpc) is 3.29. The average molecular weight is 312 g/mol. The van der Waals surface area contributed by atoms with Crippen LogP contribution in [0.5, 0.6) is 0 Å². The normalized spacial score (nSPS) is 16.9. The summed E-state index contributed by atoms with van der Waals surface area (Å²) in [5.74, 6) is 0. The van der Waals surface area contributed by atoms with Crippen molar-refractivity contribution in [2.45, 2.75) is 49.7 Å². The summed E-state index contributed by atoms with van der Waals surface area (Å²) in [4.78, 5) is 0.312. The topological polar surface area (TPSA) is 67.4 Å². The molecule has 0 heterocycles. The Kier molecular flexibility index (Phi) is 5.75. The van der Waals surface area contributed by atoms with Crippen LogP contribution >= 0.6 is 0 Å². The molecule has 0 aromatic heterocycles. The maximum absolute atomic E-state index is 12.4. The highest BCUT2D eigenvalue weighted by molar-refractivity contribution is 7.89.